The van der Waals surface area contributed by atoms with Crippen LogP contribution in [0.2, 0.25) is 0 Å². The molecule has 48 heavy (non-hydrogen) atoms. The minimum atomic E-state index is -1.82. The molecule has 0 unspecified atom stereocenters. The van der Waals surface area contributed by atoms with E-state index in [1.807, 2.05) is 49.3 Å². The summed E-state index contributed by atoms with van der Waals surface area (Å²) < 4.78 is 0. The van der Waals surface area contributed by atoms with E-state index in [0.29, 0.717) is 6.54 Å². The average Bonchev–Trinajstić information content (AvgIpc) is 3.07. The molecule has 1 aliphatic heterocycles. The van der Waals surface area contributed by atoms with Gasteiger partial charge in [0.25, 0.3) is 0 Å². The number of hydrogen-bond donors (Lipinski definition) is 5. The maximum Gasteiger partial charge on any atom is 0.414 e. The Labute approximate surface area is 276 Å². The number of nitrogens with one attached hydrogen (secondary N) is 1. The topological polar surface area (TPSA) is 201 Å². The minimum Gasteiger partial charge on any atom is -0.473 e. The monoisotopic (exact) mass is 659 g/mol. The summed E-state index contributed by atoms with van der Waals surface area (Å²) in [7, 11) is 3.92. The number of carbonyl (C=O) groups excluding carboxylic acids is 1. The van der Waals surface area contributed by atoms with E-state index < -0.39 is 23.9 Å². The molecule has 0 spiro atoms. The molecule has 0 saturated carbocycles. The standard InChI is InChI=1S/C30H33N5O.2C2H2O4/c1-33(2)28-21-27(25-15-9-10-16-26(25)31-28)32-29(36)22-34-17-19-35(20-18-34)30(23-11-5-3-6-12-23)24-13-7-4-8-14-24;2*3-1(4)2(5)6/h3-16,21,30H,17-20,22H2,1-2H3,(H,31,32,36);2*(H,3,4)(H,5,6). The molecule has 0 radical (unpaired) electrons. The molecule has 14 nitrogen and oxygen atoms in total. The van der Waals surface area contributed by atoms with E-state index in [2.05, 4.69) is 75.8 Å². The van der Waals surface area contributed by atoms with Crippen molar-refractivity contribution in [1.82, 2.24) is 14.8 Å². The number of aromatic nitrogens is 1. The molecular formula is C34H37N5O9. The van der Waals surface area contributed by atoms with Crippen molar-refractivity contribution < 1.29 is 44.4 Å². The summed E-state index contributed by atoms with van der Waals surface area (Å²) in [5, 5.41) is 33.7. The molecule has 4 aromatic rings. The first-order chi connectivity index (χ1) is 22.9. The molecule has 0 atom stereocenters. The molecule has 3 aromatic carbocycles. The molecule has 1 aromatic heterocycles. The Bertz CT molecular complexity index is 1620. The Kier molecular flexibility index (Phi) is 13.5. The van der Waals surface area contributed by atoms with Crippen molar-refractivity contribution in [2.45, 2.75) is 6.04 Å². The highest BCUT2D eigenvalue weighted by molar-refractivity contribution is 6.27. The molecule has 5 N–H and O–H groups in total. The number of nitrogens with zero attached hydrogens (tertiary/aromatic N) is 4. The van der Waals surface area contributed by atoms with Gasteiger partial charge >= 0.3 is 23.9 Å². The number of pyridine rings is 1. The molecule has 0 bridgehead atoms. The van der Waals surface area contributed by atoms with E-state index in [1.165, 1.54) is 11.1 Å². The van der Waals surface area contributed by atoms with Crippen LogP contribution in [0.5, 0.6) is 0 Å². The van der Waals surface area contributed by atoms with Gasteiger partial charge in [-0.05, 0) is 17.2 Å². The van der Waals surface area contributed by atoms with Crippen molar-refractivity contribution in [2.24, 2.45) is 0 Å². The fourth-order valence-corrected chi connectivity index (χ4v) is 4.95. The molecule has 5 rings (SSSR count). The fraction of sp³-hybridized carbons (Fsp3) is 0.235. The highest BCUT2D eigenvalue weighted by atomic mass is 16.4. The number of fused-ring (bicyclic) bond motifs is 1. The van der Waals surface area contributed by atoms with Crippen LogP contribution in [0.4, 0.5) is 11.5 Å². The van der Waals surface area contributed by atoms with Crippen molar-refractivity contribution in [3.63, 3.8) is 0 Å². The van der Waals surface area contributed by atoms with Gasteiger partial charge < -0.3 is 30.6 Å². The lowest BCUT2D eigenvalue weighted by Gasteiger charge is -2.39. The van der Waals surface area contributed by atoms with Crippen LogP contribution >= 0.6 is 0 Å². The Morgan fingerprint density at radius 3 is 1.62 bits per heavy atom. The number of hydrogen-bond acceptors (Lipinski definition) is 9. The summed E-state index contributed by atoms with van der Waals surface area (Å²) in [5.41, 5.74) is 4.29. The van der Waals surface area contributed by atoms with Gasteiger partial charge in [0.05, 0.1) is 23.8 Å². The summed E-state index contributed by atoms with van der Waals surface area (Å²) in [6.45, 7) is 3.89. The Hall–Kier alpha value is -5.86. The van der Waals surface area contributed by atoms with Crippen molar-refractivity contribution in [3.05, 3.63) is 102 Å². The molecule has 0 aliphatic carbocycles. The third-order valence-corrected chi connectivity index (χ3v) is 7.17. The second kappa shape index (κ2) is 17.7. The van der Waals surface area contributed by atoms with E-state index >= 15 is 0 Å². The number of para-hydroxylation sites is 1. The minimum absolute atomic E-state index is 0.00665. The molecule has 1 amide bonds. The van der Waals surface area contributed by atoms with Gasteiger partial charge in [-0.25, -0.2) is 24.2 Å². The van der Waals surface area contributed by atoms with Crippen molar-refractivity contribution in [1.29, 1.82) is 0 Å². The van der Waals surface area contributed by atoms with Crippen molar-refractivity contribution in [3.8, 4) is 0 Å². The molecule has 252 valence electrons. The summed E-state index contributed by atoms with van der Waals surface area (Å²) in [5.74, 6) is -6.47. The van der Waals surface area contributed by atoms with Crippen molar-refractivity contribution in [2.75, 3.05) is 57.0 Å². The number of amides is 1. The highest BCUT2D eigenvalue weighted by Crippen LogP contribution is 2.30. The predicted octanol–water partition coefficient (Wildman–Crippen LogP) is 2.96. The first kappa shape index (κ1) is 36.6. The number of aliphatic carboxylic acids is 4. The summed E-state index contributed by atoms with van der Waals surface area (Å²) >= 11 is 0. The van der Waals surface area contributed by atoms with Crippen LogP contribution in [0.15, 0.2) is 91.0 Å². The second-order valence-electron chi connectivity index (χ2n) is 10.7. The lowest BCUT2D eigenvalue weighted by molar-refractivity contribution is -0.159. The quantitative estimate of drug-likeness (QED) is 0.182. The Balaban J connectivity index is 0.000000446. The van der Waals surface area contributed by atoms with Crippen LogP contribution < -0.4 is 10.2 Å². The van der Waals surface area contributed by atoms with Gasteiger partial charge in [0.1, 0.15) is 5.82 Å². The van der Waals surface area contributed by atoms with Crippen LogP contribution in [0.1, 0.15) is 17.2 Å². The smallest absolute Gasteiger partial charge is 0.414 e. The van der Waals surface area contributed by atoms with Gasteiger partial charge in [-0.3, -0.25) is 14.6 Å². The van der Waals surface area contributed by atoms with Crippen LogP contribution in [-0.2, 0) is 24.0 Å². The Morgan fingerprint density at radius 1 is 0.708 bits per heavy atom. The average molecular weight is 660 g/mol. The first-order valence-corrected chi connectivity index (χ1v) is 14.7. The lowest BCUT2D eigenvalue weighted by Crippen LogP contribution is -2.49. The number of carboxylic acids is 4. The number of benzene rings is 3. The largest absolute Gasteiger partial charge is 0.473 e. The zero-order valence-electron chi connectivity index (χ0n) is 26.4. The van der Waals surface area contributed by atoms with E-state index in [1.54, 1.807) is 0 Å². The molecular weight excluding hydrogens is 622 g/mol. The third kappa shape index (κ3) is 10.9. The number of carboxylic acid groups (broad SMARTS) is 4. The van der Waals surface area contributed by atoms with E-state index in [-0.39, 0.29) is 11.9 Å². The Morgan fingerprint density at radius 2 is 1.17 bits per heavy atom. The lowest BCUT2D eigenvalue weighted by atomic mass is 9.96. The number of rotatable bonds is 7. The van der Waals surface area contributed by atoms with Crippen LogP contribution in [0, 0.1) is 0 Å². The highest BCUT2D eigenvalue weighted by Gasteiger charge is 2.27. The van der Waals surface area contributed by atoms with Crippen LogP contribution in [0.3, 0.4) is 0 Å². The maximum absolute atomic E-state index is 13.1. The number of anilines is 2. The van der Waals surface area contributed by atoms with Gasteiger partial charge in [-0.1, -0.05) is 78.9 Å². The van der Waals surface area contributed by atoms with Gasteiger partial charge in [0, 0.05) is 51.7 Å². The molecule has 2 heterocycles. The summed E-state index contributed by atoms with van der Waals surface area (Å²) in [6.07, 6.45) is 0. The zero-order valence-corrected chi connectivity index (χ0v) is 26.4. The normalized spacial score (nSPS) is 12.9. The van der Waals surface area contributed by atoms with E-state index in [0.717, 1.165) is 48.6 Å². The number of carbonyl (C=O) groups is 5. The van der Waals surface area contributed by atoms with Gasteiger partial charge in [0.2, 0.25) is 5.91 Å². The van der Waals surface area contributed by atoms with E-state index in [9.17, 15) is 4.79 Å². The SMILES string of the molecule is CN(C)c1cc(NC(=O)CN2CCN(C(c3ccccc3)c3ccccc3)CC2)c2ccccc2n1.O=C(O)C(=O)O.O=C(O)C(=O)O. The molecule has 14 heteroatoms. The van der Waals surface area contributed by atoms with Crippen LogP contribution in [0.25, 0.3) is 10.9 Å². The van der Waals surface area contributed by atoms with Crippen LogP contribution in [-0.4, -0.2) is 112 Å². The maximum atomic E-state index is 13.1. The fourth-order valence-electron chi connectivity index (χ4n) is 4.95. The third-order valence-electron chi connectivity index (χ3n) is 7.17. The predicted molar refractivity (Wildman–Crippen MR) is 178 cm³/mol. The molecule has 1 fully saturated rings. The summed E-state index contributed by atoms with van der Waals surface area (Å²) in [4.78, 5) is 60.9. The second-order valence-corrected chi connectivity index (χ2v) is 10.7. The molecule has 1 aliphatic rings. The van der Waals surface area contributed by atoms with Gasteiger partial charge in [-0.2, -0.15) is 0 Å². The zero-order chi connectivity index (χ0) is 35.2. The first-order valence-electron chi connectivity index (χ1n) is 14.7. The summed E-state index contributed by atoms with van der Waals surface area (Å²) in [6, 6.07) is 31.5. The molecule has 1 saturated heterocycles. The van der Waals surface area contributed by atoms with Gasteiger partial charge in [0.15, 0.2) is 0 Å². The van der Waals surface area contributed by atoms with Crippen molar-refractivity contribution >= 4 is 52.2 Å². The van der Waals surface area contributed by atoms with Gasteiger partial charge in [-0.15, -0.1) is 0 Å². The van der Waals surface area contributed by atoms with E-state index in [4.69, 9.17) is 44.6 Å². The number of piperazine rings is 1.